The Hall–Kier alpha value is -3.74. The predicted octanol–water partition coefficient (Wildman–Crippen LogP) is 3.25. The molecule has 2 aromatic carbocycles. The number of furan rings is 1. The number of nitrogens with one attached hydrogen (secondary N) is 1. The van der Waals surface area contributed by atoms with E-state index in [1.165, 1.54) is 11.6 Å². The van der Waals surface area contributed by atoms with Gasteiger partial charge in [0.25, 0.3) is 5.56 Å². The van der Waals surface area contributed by atoms with Gasteiger partial charge in [-0.1, -0.05) is 36.4 Å². The number of anilines is 2. The molecule has 142 valence electrons. The lowest BCUT2D eigenvalue weighted by molar-refractivity contribution is 0.416. The predicted molar refractivity (Wildman–Crippen MR) is 108 cm³/mol. The molecule has 0 saturated heterocycles. The molecule has 0 aliphatic heterocycles. The number of hydrogen-bond donors (Lipinski definition) is 1. The summed E-state index contributed by atoms with van der Waals surface area (Å²) in [5.41, 5.74) is 1.35. The van der Waals surface area contributed by atoms with Crippen LogP contribution in [0, 0.1) is 0 Å². The topological polar surface area (TPSA) is 78.4 Å². The number of methoxy groups -OCH3 is 1. The minimum Gasteiger partial charge on any atom is -0.496 e. The van der Waals surface area contributed by atoms with Crippen LogP contribution < -0.4 is 21.3 Å². The number of hydrogen-bond acceptors (Lipinski definition) is 5. The van der Waals surface area contributed by atoms with E-state index in [-0.39, 0.29) is 5.71 Å². The van der Waals surface area contributed by atoms with E-state index < -0.39 is 11.2 Å². The Morgan fingerprint density at radius 3 is 2.32 bits per heavy atom. The van der Waals surface area contributed by atoms with E-state index in [1.807, 2.05) is 54.6 Å². The smallest absolute Gasteiger partial charge is 0.333 e. The molecule has 0 radical (unpaired) electrons. The fourth-order valence-electron chi connectivity index (χ4n) is 3.27. The molecule has 0 amide bonds. The number of nitrogens with zero attached hydrogens (tertiary/aromatic N) is 2. The lowest BCUT2D eigenvalue weighted by Gasteiger charge is -2.10. The van der Waals surface area contributed by atoms with Gasteiger partial charge in [0.05, 0.1) is 12.7 Å². The molecule has 0 fully saturated rings. The molecule has 0 aliphatic rings. The molecule has 0 atom stereocenters. The summed E-state index contributed by atoms with van der Waals surface area (Å²) in [6, 6.07) is 16.8. The minimum absolute atomic E-state index is 0.201. The second kappa shape index (κ2) is 6.77. The Morgan fingerprint density at radius 1 is 0.929 bits per heavy atom. The standard InChI is InChI=1S/C21H19N3O4/c1-23-19(25)17-16(14-11-7-8-12-15(14)27-3)18(22-13-9-5-4-6-10-13)28-20(17)24(2)21(23)26/h4-12,22H,1-3H3. The highest BCUT2D eigenvalue weighted by molar-refractivity contribution is 6.01. The van der Waals surface area contributed by atoms with Gasteiger partial charge in [0, 0.05) is 25.3 Å². The number of para-hydroxylation sites is 2. The molecule has 7 heteroatoms. The number of ether oxygens (including phenoxy) is 1. The Kier molecular flexibility index (Phi) is 4.27. The van der Waals surface area contributed by atoms with Crippen LogP contribution in [-0.2, 0) is 14.1 Å². The Balaban J connectivity index is 2.11. The van der Waals surface area contributed by atoms with E-state index >= 15 is 0 Å². The van der Waals surface area contributed by atoms with Crippen LogP contribution in [0.25, 0.3) is 22.2 Å². The van der Waals surface area contributed by atoms with Gasteiger partial charge < -0.3 is 14.5 Å². The van der Waals surface area contributed by atoms with E-state index in [0.29, 0.717) is 28.1 Å². The first-order valence-electron chi connectivity index (χ1n) is 8.71. The molecular weight excluding hydrogens is 358 g/mol. The van der Waals surface area contributed by atoms with Crippen molar-refractivity contribution in [3.63, 3.8) is 0 Å². The van der Waals surface area contributed by atoms with E-state index in [0.717, 1.165) is 10.3 Å². The maximum atomic E-state index is 13.0. The monoisotopic (exact) mass is 377 g/mol. The van der Waals surface area contributed by atoms with Crippen LogP contribution in [-0.4, -0.2) is 16.2 Å². The van der Waals surface area contributed by atoms with E-state index in [1.54, 1.807) is 14.2 Å². The summed E-state index contributed by atoms with van der Waals surface area (Å²) < 4.78 is 13.9. The molecule has 0 unspecified atom stereocenters. The average molecular weight is 377 g/mol. The normalized spacial score (nSPS) is 11.0. The largest absolute Gasteiger partial charge is 0.496 e. The van der Waals surface area contributed by atoms with Crippen LogP contribution >= 0.6 is 0 Å². The molecule has 4 aromatic rings. The third-order valence-corrected chi connectivity index (χ3v) is 4.69. The summed E-state index contributed by atoms with van der Waals surface area (Å²) in [7, 11) is 4.60. The molecule has 2 aromatic heterocycles. The van der Waals surface area contributed by atoms with Crippen LogP contribution in [0.4, 0.5) is 11.6 Å². The third kappa shape index (κ3) is 2.68. The molecular formula is C21H19N3O4. The summed E-state index contributed by atoms with van der Waals surface area (Å²) in [4.78, 5) is 25.3. The van der Waals surface area contributed by atoms with Gasteiger partial charge in [0.1, 0.15) is 11.1 Å². The molecule has 0 aliphatic carbocycles. The highest BCUT2D eigenvalue weighted by Crippen LogP contribution is 2.41. The van der Waals surface area contributed by atoms with Crippen molar-refractivity contribution >= 4 is 22.7 Å². The maximum absolute atomic E-state index is 13.0. The van der Waals surface area contributed by atoms with E-state index in [4.69, 9.17) is 9.15 Å². The van der Waals surface area contributed by atoms with Crippen LogP contribution in [0.2, 0.25) is 0 Å². The summed E-state index contributed by atoms with van der Waals surface area (Å²) in [5.74, 6) is 0.959. The van der Waals surface area contributed by atoms with Crippen molar-refractivity contribution in [1.29, 1.82) is 0 Å². The summed E-state index contributed by atoms with van der Waals surface area (Å²) in [5, 5.41) is 3.53. The summed E-state index contributed by atoms with van der Waals surface area (Å²) in [6.07, 6.45) is 0. The number of rotatable bonds is 4. The molecule has 0 saturated carbocycles. The molecule has 28 heavy (non-hydrogen) atoms. The van der Waals surface area contributed by atoms with Gasteiger partial charge in [-0.3, -0.25) is 13.9 Å². The van der Waals surface area contributed by atoms with E-state index in [2.05, 4.69) is 5.32 Å². The van der Waals surface area contributed by atoms with Gasteiger partial charge in [-0.2, -0.15) is 0 Å². The Morgan fingerprint density at radius 2 is 1.61 bits per heavy atom. The quantitative estimate of drug-likeness (QED) is 0.591. The van der Waals surface area contributed by atoms with Crippen LogP contribution in [0.3, 0.4) is 0 Å². The van der Waals surface area contributed by atoms with Crippen molar-refractivity contribution in [1.82, 2.24) is 9.13 Å². The van der Waals surface area contributed by atoms with Crippen molar-refractivity contribution in [2.45, 2.75) is 0 Å². The number of aryl methyl sites for hydroxylation is 1. The van der Waals surface area contributed by atoms with Crippen molar-refractivity contribution in [2.75, 3.05) is 12.4 Å². The molecule has 2 heterocycles. The van der Waals surface area contributed by atoms with Gasteiger partial charge >= 0.3 is 5.69 Å². The van der Waals surface area contributed by atoms with Gasteiger partial charge in [-0.05, 0) is 18.2 Å². The first-order chi connectivity index (χ1) is 13.5. The van der Waals surface area contributed by atoms with E-state index in [9.17, 15) is 9.59 Å². The number of fused-ring (bicyclic) bond motifs is 1. The number of aromatic nitrogens is 2. The first-order valence-corrected chi connectivity index (χ1v) is 8.71. The van der Waals surface area contributed by atoms with Gasteiger partial charge in [-0.15, -0.1) is 0 Å². The van der Waals surface area contributed by atoms with Gasteiger partial charge in [-0.25, -0.2) is 4.79 Å². The molecule has 1 N–H and O–H groups in total. The fourth-order valence-corrected chi connectivity index (χ4v) is 3.27. The molecule has 4 rings (SSSR count). The zero-order chi connectivity index (χ0) is 19.8. The number of benzene rings is 2. The lowest BCUT2D eigenvalue weighted by Crippen LogP contribution is -2.36. The fraction of sp³-hybridized carbons (Fsp3) is 0.143. The molecule has 0 spiro atoms. The highest BCUT2D eigenvalue weighted by atomic mass is 16.5. The summed E-state index contributed by atoms with van der Waals surface area (Å²) >= 11 is 0. The Bertz CT molecular complexity index is 1280. The first kappa shape index (κ1) is 17.7. The third-order valence-electron chi connectivity index (χ3n) is 4.69. The van der Waals surface area contributed by atoms with Crippen LogP contribution in [0.1, 0.15) is 0 Å². The summed E-state index contributed by atoms with van der Waals surface area (Å²) in [6.45, 7) is 0. The van der Waals surface area contributed by atoms with Gasteiger partial charge in [0.15, 0.2) is 0 Å². The minimum atomic E-state index is -0.455. The molecule has 7 nitrogen and oxygen atoms in total. The van der Waals surface area contributed by atoms with Crippen molar-refractivity contribution < 1.29 is 9.15 Å². The highest BCUT2D eigenvalue weighted by Gasteiger charge is 2.25. The zero-order valence-corrected chi connectivity index (χ0v) is 15.7. The van der Waals surface area contributed by atoms with Crippen LogP contribution in [0.15, 0.2) is 68.6 Å². The van der Waals surface area contributed by atoms with Crippen LogP contribution in [0.5, 0.6) is 5.75 Å². The SMILES string of the molecule is COc1ccccc1-c1c(Nc2ccccc2)oc2c1c(=O)n(C)c(=O)n2C. The lowest BCUT2D eigenvalue weighted by atomic mass is 10.0. The van der Waals surface area contributed by atoms with Crippen molar-refractivity contribution in [3.05, 3.63) is 75.4 Å². The van der Waals surface area contributed by atoms with Crippen molar-refractivity contribution in [3.8, 4) is 16.9 Å². The second-order valence-corrected chi connectivity index (χ2v) is 6.38. The van der Waals surface area contributed by atoms with Crippen molar-refractivity contribution in [2.24, 2.45) is 14.1 Å². The molecule has 0 bridgehead atoms. The second-order valence-electron chi connectivity index (χ2n) is 6.38. The zero-order valence-electron chi connectivity index (χ0n) is 15.7. The average Bonchev–Trinajstić information content (AvgIpc) is 3.10. The van der Waals surface area contributed by atoms with Gasteiger partial charge in [0.2, 0.25) is 11.6 Å². The maximum Gasteiger partial charge on any atom is 0.333 e. The Labute approximate surface area is 160 Å².